The lowest BCUT2D eigenvalue weighted by molar-refractivity contribution is 0.201. The lowest BCUT2D eigenvalue weighted by Gasteiger charge is -2.37. The molecule has 0 aromatic carbocycles. The molecule has 2 N–H and O–H groups in total. The summed E-state index contributed by atoms with van der Waals surface area (Å²) in [5.41, 5.74) is 6.92. The summed E-state index contributed by atoms with van der Waals surface area (Å²) in [6, 6.07) is 0.500. The number of hydrogen-bond donors (Lipinski definition) is 1. The van der Waals surface area contributed by atoms with Gasteiger partial charge in [-0.2, -0.15) is 0 Å². The topological polar surface area (TPSA) is 45.4 Å². The Morgan fingerprint density at radius 3 is 2.65 bits per heavy atom. The van der Waals surface area contributed by atoms with E-state index in [1.165, 1.54) is 10.8 Å². The monoisotopic (exact) mass is 254 g/mol. The van der Waals surface area contributed by atoms with Crippen molar-refractivity contribution in [1.82, 2.24) is 9.88 Å². The molecular formula is C12H22N4S. The SMILES string of the molecule is CCc1csc(N2CCN(C(C)CN)CC2)n1. The summed E-state index contributed by atoms with van der Waals surface area (Å²) in [6.07, 6.45) is 1.03. The predicted octanol–water partition coefficient (Wildman–Crippen LogP) is 1.17. The van der Waals surface area contributed by atoms with E-state index in [1.807, 2.05) is 0 Å². The minimum atomic E-state index is 0.500. The van der Waals surface area contributed by atoms with E-state index in [9.17, 15) is 0 Å². The van der Waals surface area contributed by atoms with Gasteiger partial charge in [0.1, 0.15) is 0 Å². The summed E-state index contributed by atoms with van der Waals surface area (Å²) < 4.78 is 0. The minimum Gasteiger partial charge on any atom is -0.346 e. The Labute approximate surface area is 107 Å². The second kappa shape index (κ2) is 5.80. The molecule has 1 aliphatic rings. The summed E-state index contributed by atoms with van der Waals surface area (Å²) in [6.45, 7) is 9.44. The van der Waals surface area contributed by atoms with Gasteiger partial charge in [-0.25, -0.2) is 4.98 Å². The number of anilines is 1. The van der Waals surface area contributed by atoms with Crippen molar-refractivity contribution < 1.29 is 0 Å². The second-order valence-electron chi connectivity index (χ2n) is 4.58. The highest BCUT2D eigenvalue weighted by molar-refractivity contribution is 7.13. The van der Waals surface area contributed by atoms with E-state index in [2.05, 4.69) is 34.0 Å². The van der Waals surface area contributed by atoms with E-state index in [-0.39, 0.29) is 0 Å². The Hall–Kier alpha value is -0.650. The maximum absolute atomic E-state index is 5.70. The fourth-order valence-corrected chi connectivity index (χ4v) is 3.07. The zero-order chi connectivity index (χ0) is 12.3. The number of nitrogens with two attached hydrogens (primary N) is 1. The van der Waals surface area contributed by atoms with Gasteiger partial charge in [0.15, 0.2) is 5.13 Å². The molecule has 0 radical (unpaired) electrons. The molecule has 1 atom stereocenters. The Bertz CT molecular complexity index is 344. The van der Waals surface area contributed by atoms with Crippen LogP contribution in [0.15, 0.2) is 5.38 Å². The molecule has 0 amide bonds. The van der Waals surface area contributed by atoms with Gasteiger partial charge in [0.05, 0.1) is 5.69 Å². The molecule has 4 nitrogen and oxygen atoms in total. The van der Waals surface area contributed by atoms with Gasteiger partial charge in [-0.15, -0.1) is 11.3 Å². The molecule has 1 fully saturated rings. The molecule has 0 saturated carbocycles. The van der Waals surface area contributed by atoms with E-state index >= 15 is 0 Å². The maximum Gasteiger partial charge on any atom is 0.185 e. The Morgan fingerprint density at radius 1 is 1.41 bits per heavy atom. The van der Waals surface area contributed by atoms with Crippen molar-refractivity contribution in [3.8, 4) is 0 Å². The van der Waals surface area contributed by atoms with Crippen molar-refractivity contribution in [3.05, 3.63) is 11.1 Å². The number of piperazine rings is 1. The first-order valence-corrected chi connectivity index (χ1v) is 7.26. The van der Waals surface area contributed by atoms with Gasteiger partial charge in [0.25, 0.3) is 0 Å². The van der Waals surface area contributed by atoms with Gasteiger partial charge in [-0.1, -0.05) is 6.92 Å². The van der Waals surface area contributed by atoms with Crippen molar-refractivity contribution in [1.29, 1.82) is 0 Å². The molecule has 1 saturated heterocycles. The third-order valence-corrected chi connectivity index (χ3v) is 4.40. The van der Waals surface area contributed by atoms with Crippen LogP contribution < -0.4 is 10.6 Å². The molecular weight excluding hydrogens is 232 g/mol. The summed E-state index contributed by atoms with van der Waals surface area (Å²) in [4.78, 5) is 9.50. The van der Waals surface area contributed by atoms with Crippen LogP contribution in [0.5, 0.6) is 0 Å². The van der Waals surface area contributed by atoms with Crippen LogP contribution in [-0.2, 0) is 6.42 Å². The van der Waals surface area contributed by atoms with Crippen molar-refractivity contribution in [2.24, 2.45) is 5.73 Å². The van der Waals surface area contributed by atoms with Crippen LogP contribution in [0.25, 0.3) is 0 Å². The zero-order valence-electron chi connectivity index (χ0n) is 10.7. The Balaban J connectivity index is 1.90. The third kappa shape index (κ3) is 2.97. The van der Waals surface area contributed by atoms with Crippen LogP contribution in [0.2, 0.25) is 0 Å². The highest BCUT2D eigenvalue weighted by atomic mass is 32.1. The lowest BCUT2D eigenvalue weighted by atomic mass is 10.2. The quantitative estimate of drug-likeness (QED) is 0.876. The molecule has 17 heavy (non-hydrogen) atoms. The Kier molecular flexibility index (Phi) is 4.36. The van der Waals surface area contributed by atoms with Crippen LogP contribution in [-0.4, -0.2) is 48.6 Å². The first-order chi connectivity index (χ1) is 8.24. The van der Waals surface area contributed by atoms with Gasteiger partial charge in [-0.3, -0.25) is 4.90 Å². The lowest BCUT2D eigenvalue weighted by Crippen LogP contribution is -2.51. The molecule has 96 valence electrons. The van der Waals surface area contributed by atoms with Crippen molar-refractivity contribution in [2.45, 2.75) is 26.3 Å². The van der Waals surface area contributed by atoms with Gasteiger partial charge in [0.2, 0.25) is 0 Å². The molecule has 1 aliphatic heterocycles. The average molecular weight is 254 g/mol. The molecule has 1 unspecified atom stereocenters. The van der Waals surface area contributed by atoms with Gasteiger partial charge < -0.3 is 10.6 Å². The number of rotatable bonds is 4. The van der Waals surface area contributed by atoms with Crippen LogP contribution in [0.4, 0.5) is 5.13 Å². The normalized spacial score (nSPS) is 19.6. The Morgan fingerprint density at radius 2 is 2.12 bits per heavy atom. The van der Waals surface area contributed by atoms with Crippen molar-refractivity contribution >= 4 is 16.5 Å². The standard InChI is InChI=1S/C12H22N4S/c1-3-11-9-17-12(14-11)16-6-4-15(5-7-16)10(2)8-13/h9-10H,3-8,13H2,1-2H3. The van der Waals surface area contributed by atoms with Crippen LogP contribution in [0, 0.1) is 0 Å². The average Bonchev–Trinajstić information content (AvgIpc) is 2.87. The molecule has 0 aliphatic carbocycles. The van der Waals surface area contributed by atoms with Gasteiger partial charge >= 0.3 is 0 Å². The first-order valence-electron chi connectivity index (χ1n) is 6.38. The number of aromatic nitrogens is 1. The van der Waals surface area contributed by atoms with E-state index in [4.69, 9.17) is 5.73 Å². The summed E-state index contributed by atoms with van der Waals surface area (Å²) >= 11 is 1.77. The molecule has 0 bridgehead atoms. The number of thiazole rings is 1. The largest absolute Gasteiger partial charge is 0.346 e. The number of nitrogens with zero attached hydrogens (tertiary/aromatic N) is 3. The van der Waals surface area contributed by atoms with E-state index < -0.39 is 0 Å². The zero-order valence-corrected chi connectivity index (χ0v) is 11.5. The molecule has 1 aromatic rings. The minimum absolute atomic E-state index is 0.500. The smallest absolute Gasteiger partial charge is 0.185 e. The second-order valence-corrected chi connectivity index (χ2v) is 5.42. The fraction of sp³-hybridized carbons (Fsp3) is 0.750. The van der Waals surface area contributed by atoms with Crippen molar-refractivity contribution in [2.75, 3.05) is 37.6 Å². The summed E-state index contributed by atoms with van der Waals surface area (Å²) in [7, 11) is 0. The number of aryl methyl sites for hydroxylation is 1. The summed E-state index contributed by atoms with van der Waals surface area (Å²) in [5, 5.41) is 3.35. The van der Waals surface area contributed by atoms with E-state index in [1.54, 1.807) is 11.3 Å². The van der Waals surface area contributed by atoms with Gasteiger partial charge in [0, 0.05) is 44.1 Å². The van der Waals surface area contributed by atoms with Crippen LogP contribution in [0.3, 0.4) is 0 Å². The van der Waals surface area contributed by atoms with E-state index in [0.717, 1.165) is 39.1 Å². The molecule has 2 heterocycles. The predicted molar refractivity (Wildman–Crippen MR) is 73.8 cm³/mol. The van der Waals surface area contributed by atoms with E-state index in [0.29, 0.717) is 6.04 Å². The van der Waals surface area contributed by atoms with Crippen LogP contribution in [0.1, 0.15) is 19.5 Å². The van der Waals surface area contributed by atoms with Crippen molar-refractivity contribution in [3.63, 3.8) is 0 Å². The first kappa shape index (κ1) is 12.8. The molecule has 1 aromatic heterocycles. The molecule has 0 spiro atoms. The highest BCUT2D eigenvalue weighted by Gasteiger charge is 2.21. The maximum atomic E-state index is 5.70. The summed E-state index contributed by atoms with van der Waals surface area (Å²) in [5.74, 6) is 0. The third-order valence-electron chi connectivity index (χ3n) is 3.45. The van der Waals surface area contributed by atoms with Crippen LogP contribution >= 0.6 is 11.3 Å². The highest BCUT2D eigenvalue weighted by Crippen LogP contribution is 2.22. The fourth-order valence-electron chi connectivity index (χ4n) is 2.11. The van der Waals surface area contributed by atoms with Gasteiger partial charge in [-0.05, 0) is 13.3 Å². The molecule has 2 rings (SSSR count). The molecule has 5 heteroatoms. The number of hydrogen-bond acceptors (Lipinski definition) is 5.